The number of hydrogen-bond acceptors (Lipinski definition) is 2. The van der Waals surface area contributed by atoms with Crippen LogP contribution >= 0.6 is 0 Å². The average molecular weight is 248 g/mol. The zero-order valence-electron chi connectivity index (χ0n) is 10.8. The minimum absolute atomic E-state index is 0.261. The largest absolute Gasteiger partial charge is 0.494 e. The molecule has 0 unspecified atom stereocenters. The molecule has 0 atom stereocenters. The molecule has 0 radical (unpaired) electrons. The Hall–Kier alpha value is -1.77. The molecule has 0 saturated heterocycles. The van der Waals surface area contributed by atoms with Crippen LogP contribution in [0.2, 0.25) is 0 Å². The third-order valence-corrected chi connectivity index (χ3v) is 2.51. The van der Waals surface area contributed by atoms with Crippen LogP contribution in [-0.4, -0.2) is 17.7 Å². The van der Waals surface area contributed by atoms with E-state index in [4.69, 9.17) is 9.84 Å². The minimum Gasteiger partial charge on any atom is -0.494 e. The summed E-state index contributed by atoms with van der Waals surface area (Å²) >= 11 is 0. The summed E-state index contributed by atoms with van der Waals surface area (Å²) in [6.07, 6.45) is 6.97. The number of carbonyl (C=O) groups is 1. The lowest BCUT2D eigenvalue weighted by Gasteiger charge is -2.02. The first kappa shape index (κ1) is 14.3. The zero-order valence-corrected chi connectivity index (χ0v) is 10.8. The van der Waals surface area contributed by atoms with E-state index in [2.05, 4.69) is 12.2 Å². The van der Waals surface area contributed by atoms with Gasteiger partial charge in [-0.2, -0.15) is 0 Å². The van der Waals surface area contributed by atoms with Crippen LogP contribution in [0, 0.1) is 0 Å². The van der Waals surface area contributed by atoms with Crippen LogP contribution in [0.1, 0.15) is 38.2 Å². The molecule has 0 aliphatic rings. The predicted molar refractivity (Wildman–Crippen MR) is 72.7 cm³/mol. The highest BCUT2D eigenvalue weighted by Crippen LogP contribution is 2.13. The minimum atomic E-state index is -0.717. The van der Waals surface area contributed by atoms with Crippen molar-refractivity contribution in [2.45, 2.75) is 32.6 Å². The second-order valence-corrected chi connectivity index (χ2v) is 4.04. The molecule has 1 aromatic carbocycles. The fourth-order valence-corrected chi connectivity index (χ4v) is 1.60. The molecule has 0 aliphatic carbocycles. The van der Waals surface area contributed by atoms with Crippen molar-refractivity contribution in [3.8, 4) is 5.75 Å². The van der Waals surface area contributed by atoms with Gasteiger partial charge in [0.15, 0.2) is 0 Å². The summed E-state index contributed by atoms with van der Waals surface area (Å²) in [5.41, 5.74) is 1.14. The van der Waals surface area contributed by atoms with Gasteiger partial charge in [-0.25, -0.2) is 0 Å². The van der Waals surface area contributed by atoms with Crippen LogP contribution in [0.4, 0.5) is 0 Å². The summed E-state index contributed by atoms with van der Waals surface area (Å²) in [5, 5.41) is 8.49. The predicted octanol–water partition coefficient (Wildman–Crippen LogP) is 3.74. The molecule has 1 rings (SSSR count). The third kappa shape index (κ3) is 6.09. The van der Waals surface area contributed by atoms with Gasteiger partial charge in [0.1, 0.15) is 5.75 Å². The van der Waals surface area contributed by atoms with Gasteiger partial charge in [-0.3, -0.25) is 4.79 Å². The Bertz CT molecular complexity index is 379. The highest BCUT2D eigenvalue weighted by atomic mass is 16.5. The van der Waals surface area contributed by atoms with Crippen LogP contribution in [0.3, 0.4) is 0 Å². The van der Waals surface area contributed by atoms with E-state index in [-0.39, 0.29) is 6.42 Å². The zero-order chi connectivity index (χ0) is 13.2. The molecule has 18 heavy (non-hydrogen) atoms. The maximum absolute atomic E-state index is 10.3. The number of hydrogen-bond donors (Lipinski definition) is 1. The Morgan fingerprint density at radius 2 is 2.00 bits per heavy atom. The highest BCUT2D eigenvalue weighted by Gasteiger charge is 1.95. The van der Waals surface area contributed by atoms with Crippen molar-refractivity contribution < 1.29 is 14.6 Å². The SMILES string of the molecule is CCOc1ccc(/C=C/CCCCC(=O)O)cc1. The molecule has 98 valence electrons. The molecular weight excluding hydrogens is 228 g/mol. The van der Waals surface area contributed by atoms with Crippen LogP contribution in [-0.2, 0) is 4.79 Å². The van der Waals surface area contributed by atoms with Gasteiger partial charge in [0.05, 0.1) is 6.61 Å². The maximum atomic E-state index is 10.3. The number of benzene rings is 1. The molecule has 0 aliphatic heterocycles. The van der Waals surface area contributed by atoms with Crippen molar-refractivity contribution in [3.05, 3.63) is 35.9 Å². The van der Waals surface area contributed by atoms with Gasteiger partial charge in [-0.05, 0) is 43.9 Å². The van der Waals surface area contributed by atoms with Crippen molar-refractivity contribution in [1.82, 2.24) is 0 Å². The summed E-state index contributed by atoms with van der Waals surface area (Å²) < 4.78 is 5.36. The smallest absolute Gasteiger partial charge is 0.303 e. The van der Waals surface area contributed by atoms with Gasteiger partial charge in [0, 0.05) is 6.42 Å². The van der Waals surface area contributed by atoms with Crippen molar-refractivity contribution in [2.75, 3.05) is 6.61 Å². The van der Waals surface area contributed by atoms with E-state index in [0.717, 1.165) is 30.6 Å². The fraction of sp³-hybridized carbons (Fsp3) is 0.400. The lowest BCUT2D eigenvalue weighted by Crippen LogP contribution is -1.92. The molecule has 0 saturated carbocycles. The molecule has 3 heteroatoms. The Kier molecular flexibility index (Phi) is 6.62. The lowest BCUT2D eigenvalue weighted by molar-refractivity contribution is -0.137. The third-order valence-electron chi connectivity index (χ3n) is 2.51. The van der Waals surface area contributed by atoms with E-state index in [1.807, 2.05) is 31.2 Å². The van der Waals surface area contributed by atoms with E-state index in [1.165, 1.54) is 0 Å². The number of unbranched alkanes of at least 4 members (excludes halogenated alkanes) is 2. The Morgan fingerprint density at radius 3 is 2.61 bits per heavy atom. The molecule has 0 heterocycles. The van der Waals surface area contributed by atoms with E-state index < -0.39 is 5.97 Å². The molecule has 3 nitrogen and oxygen atoms in total. The standard InChI is InChI=1S/C15H20O3/c1-2-18-14-11-9-13(10-12-14)7-5-3-4-6-8-15(16)17/h5,7,9-12H,2-4,6,8H2,1H3,(H,16,17)/b7-5+. The van der Waals surface area contributed by atoms with Gasteiger partial charge >= 0.3 is 5.97 Å². The Balaban J connectivity index is 2.27. The van der Waals surface area contributed by atoms with Gasteiger partial charge in [-0.15, -0.1) is 0 Å². The van der Waals surface area contributed by atoms with Crippen LogP contribution in [0.15, 0.2) is 30.3 Å². The summed E-state index contributed by atoms with van der Waals surface area (Å²) in [6.45, 7) is 2.64. The summed E-state index contributed by atoms with van der Waals surface area (Å²) in [6, 6.07) is 7.93. The number of carboxylic acid groups (broad SMARTS) is 1. The molecule has 0 fully saturated rings. The van der Waals surface area contributed by atoms with Crippen molar-refractivity contribution in [1.29, 1.82) is 0 Å². The Labute approximate surface area is 108 Å². The molecule has 1 N–H and O–H groups in total. The number of rotatable bonds is 8. The van der Waals surface area contributed by atoms with Gasteiger partial charge < -0.3 is 9.84 Å². The lowest BCUT2D eigenvalue weighted by atomic mass is 10.1. The van der Waals surface area contributed by atoms with E-state index in [0.29, 0.717) is 6.61 Å². The fourth-order valence-electron chi connectivity index (χ4n) is 1.60. The summed E-state index contributed by atoms with van der Waals surface area (Å²) in [7, 11) is 0. The van der Waals surface area contributed by atoms with E-state index in [1.54, 1.807) is 0 Å². The maximum Gasteiger partial charge on any atom is 0.303 e. The summed E-state index contributed by atoms with van der Waals surface area (Å²) in [5.74, 6) is 0.168. The molecule has 0 spiro atoms. The number of aliphatic carboxylic acids is 1. The highest BCUT2D eigenvalue weighted by molar-refractivity contribution is 5.66. The van der Waals surface area contributed by atoms with Crippen LogP contribution in [0.5, 0.6) is 5.75 Å². The van der Waals surface area contributed by atoms with Crippen LogP contribution in [0.25, 0.3) is 6.08 Å². The van der Waals surface area contributed by atoms with Crippen molar-refractivity contribution >= 4 is 12.0 Å². The molecule has 0 amide bonds. The second-order valence-electron chi connectivity index (χ2n) is 4.04. The van der Waals surface area contributed by atoms with Gasteiger partial charge in [-0.1, -0.05) is 24.3 Å². The average Bonchev–Trinajstić information content (AvgIpc) is 2.35. The topological polar surface area (TPSA) is 46.5 Å². The van der Waals surface area contributed by atoms with Crippen LogP contribution < -0.4 is 4.74 Å². The van der Waals surface area contributed by atoms with Crippen molar-refractivity contribution in [3.63, 3.8) is 0 Å². The van der Waals surface area contributed by atoms with Gasteiger partial charge in [0.2, 0.25) is 0 Å². The number of carboxylic acids is 1. The number of ether oxygens (including phenoxy) is 1. The van der Waals surface area contributed by atoms with Crippen molar-refractivity contribution in [2.24, 2.45) is 0 Å². The monoisotopic (exact) mass is 248 g/mol. The van der Waals surface area contributed by atoms with Gasteiger partial charge in [0.25, 0.3) is 0 Å². The number of allylic oxidation sites excluding steroid dienone is 1. The summed E-state index contributed by atoms with van der Waals surface area (Å²) in [4.78, 5) is 10.3. The first-order valence-corrected chi connectivity index (χ1v) is 6.33. The quantitative estimate of drug-likeness (QED) is 0.713. The first-order chi connectivity index (χ1) is 8.72. The molecule has 0 aromatic heterocycles. The Morgan fingerprint density at radius 1 is 1.28 bits per heavy atom. The van der Waals surface area contributed by atoms with E-state index >= 15 is 0 Å². The normalized spacial score (nSPS) is 10.7. The second kappa shape index (κ2) is 8.34. The molecule has 1 aromatic rings. The molecule has 0 bridgehead atoms. The first-order valence-electron chi connectivity index (χ1n) is 6.33. The molecular formula is C15H20O3. The van der Waals surface area contributed by atoms with E-state index in [9.17, 15) is 4.79 Å².